The summed E-state index contributed by atoms with van der Waals surface area (Å²) in [5.41, 5.74) is 6.29. The van der Waals surface area contributed by atoms with E-state index in [1.54, 1.807) is 0 Å². The Kier molecular flexibility index (Phi) is 7.26. The summed E-state index contributed by atoms with van der Waals surface area (Å²) >= 11 is 1.08. The number of nitrogen functional groups attached to an aromatic ring is 1. The van der Waals surface area contributed by atoms with Gasteiger partial charge in [-0.2, -0.15) is 0 Å². The molecule has 2 heterocycles. The van der Waals surface area contributed by atoms with Gasteiger partial charge < -0.3 is 5.73 Å². The lowest BCUT2D eigenvalue weighted by molar-refractivity contribution is -0.118. The van der Waals surface area contributed by atoms with E-state index in [0.29, 0.717) is 23.8 Å². The molecule has 0 saturated carbocycles. The van der Waals surface area contributed by atoms with Crippen LogP contribution in [0.5, 0.6) is 0 Å². The minimum atomic E-state index is -0.727. The van der Waals surface area contributed by atoms with E-state index < -0.39 is 23.1 Å². The van der Waals surface area contributed by atoms with Crippen LogP contribution in [0.2, 0.25) is 0 Å². The fraction of sp³-hybridized carbons (Fsp3) is 0.435. The zero-order valence-electron chi connectivity index (χ0n) is 19.5. The molecule has 10 heteroatoms. The van der Waals surface area contributed by atoms with E-state index in [4.69, 9.17) is 5.73 Å². The van der Waals surface area contributed by atoms with Crippen LogP contribution in [-0.4, -0.2) is 37.8 Å². The maximum atomic E-state index is 13.1. The average molecular weight is 472 g/mol. The highest BCUT2D eigenvalue weighted by molar-refractivity contribution is 8.14. The quantitative estimate of drug-likeness (QED) is 0.618. The van der Waals surface area contributed by atoms with Crippen LogP contribution in [0, 0.1) is 12.8 Å². The molecular formula is C23H29N5O4S. The highest BCUT2D eigenvalue weighted by Gasteiger charge is 2.38. The number of hydrogen-bond donors (Lipinski definition) is 1. The van der Waals surface area contributed by atoms with Gasteiger partial charge in [0.05, 0.1) is 11.4 Å². The van der Waals surface area contributed by atoms with Crippen molar-refractivity contribution in [1.29, 1.82) is 0 Å². The van der Waals surface area contributed by atoms with E-state index in [-0.39, 0.29) is 29.0 Å². The van der Waals surface area contributed by atoms with Crippen LogP contribution in [0.1, 0.15) is 43.1 Å². The molecule has 1 aliphatic rings. The topological polar surface area (TPSA) is 120 Å². The summed E-state index contributed by atoms with van der Waals surface area (Å²) in [6.07, 6.45) is 0.617. The summed E-state index contributed by atoms with van der Waals surface area (Å²) in [5.74, 6) is -0.968. The van der Waals surface area contributed by atoms with Crippen LogP contribution in [0.15, 0.2) is 38.8 Å². The molecule has 0 aliphatic carbocycles. The maximum absolute atomic E-state index is 13.1. The fourth-order valence-electron chi connectivity index (χ4n) is 3.61. The first-order chi connectivity index (χ1) is 15.6. The molecule has 0 unspecified atom stereocenters. The number of ketones is 1. The first kappa shape index (κ1) is 24.5. The van der Waals surface area contributed by atoms with E-state index >= 15 is 0 Å². The second-order valence-corrected chi connectivity index (χ2v) is 9.32. The van der Waals surface area contributed by atoms with E-state index in [0.717, 1.165) is 21.9 Å². The predicted octanol–water partition coefficient (Wildman–Crippen LogP) is 2.19. The molecule has 2 aromatic rings. The minimum absolute atomic E-state index is 0.0141. The Morgan fingerprint density at radius 1 is 1.18 bits per heavy atom. The molecule has 1 aromatic heterocycles. The molecule has 1 atom stereocenters. The normalized spacial score (nSPS) is 15.9. The Bertz CT molecular complexity index is 1230. The van der Waals surface area contributed by atoms with E-state index in [1.165, 1.54) is 16.5 Å². The number of Topliss-reactive ketones (excluding diaryl/α,β-unsaturated/α-hetero) is 1. The molecular weight excluding hydrogens is 442 g/mol. The molecule has 3 rings (SSSR count). The smallest absolute Gasteiger partial charge is 0.332 e. The molecule has 2 N–H and O–H groups in total. The number of nitrogens with zero attached hydrogens (tertiary/aromatic N) is 4. The highest BCUT2D eigenvalue weighted by atomic mass is 32.2. The lowest BCUT2D eigenvalue weighted by Crippen LogP contribution is -2.43. The zero-order valence-corrected chi connectivity index (χ0v) is 20.3. The van der Waals surface area contributed by atoms with Crippen molar-refractivity contribution < 1.29 is 9.59 Å². The van der Waals surface area contributed by atoms with Crippen molar-refractivity contribution in [1.82, 2.24) is 9.13 Å². The number of anilines is 2. The number of benzene rings is 1. The van der Waals surface area contributed by atoms with Gasteiger partial charge >= 0.3 is 5.69 Å². The molecule has 0 bridgehead atoms. The molecule has 1 amide bonds. The van der Waals surface area contributed by atoms with Gasteiger partial charge in [-0.25, -0.2) is 9.79 Å². The standard InChI is InChI=1S/C23H29N5O4S/c1-6-11-27-19(24)17(20(30)26(5)23(27)32)16(29)12-33-22-25-18(13(2)3)21(31)28(22)15-9-7-14(4)8-10-15/h7-10,13,18H,6,11-12,24H2,1-5H3/t18-/m0/s1. The van der Waals surface area contributed by atoms with Crippen LogP contribution in [0.4, 0.5) is 11.5 Å². The van der Waals surface area contributed by atoms with Gasteiger partial charge in [0.15, 0.2) is 11.0 Å². The summed E-state index contributed by atoms with van der Waals surface area (Å²) in [7, 11) is 1.33. The van der Waals surface area contributed by atoms with Crippen LogP contribution in [0.3, 0.4) is 0 Å². The third-order valence-electron chi connectivity index (χ3n) is 5.48. The molecule has 1 aromatic carbocycles. The van der Waals surface area contributed by atoms with Gasteiger partial charge in [-0.15, -0.1) is 0 Å². The molecule has 0 radical (unpaired) electrons. The van der Waals surface area contributed by atoms with Gasteiger partial charge in [-0.3, -0.25) is 28.4 Å². The Morgan fingerprint density at radius 2 is 1.82 bits per heavy atom. The second kappa shape index (κ2) is 9.78. The van der Waals surface area contributed by atoms with E-state index in [9.17, 15) is 19.2 Å². The third kappa shape index (κ3) is 4.66. The molecule has 0 spiro atoms. The number of nitrogens with two attached hydrogens (primary N) is 1. The van der Waals surface area contributed by atoms with Gasteiger partial charge in [0.25, 0.3) is 11.5 Å². The van der Waals surface area contributed by atoms with Crippen LogP contribution in [0.25, 0.3) is 0 Å². The van der Waals surface area contributed by atoms with Crippen molar-refractivity contribution in [2.24, 2.45) is 18.0 Å². The lowest BCUT2D eigenvalue weighted by Gasteiger charge is -2.20. The number of aryl methyl sites for hydroxylation is 1. The predicted molar refractivity (Wildman–Crippen MR) is 132 cm³/mol. The SMILES string of the molecule is CCCn1c(N)c(C(=O)CSC2=N[C@@H](C(C)C)C(=O)N2c2ccc(C)cc2)c(=O)n(C)c1=O. The van der Waals surface area contributed by atoms with Gasteiger partial charge in [0.1, 0.15) is 17.4 Å². The number of amides is 1. The Morgan fingerprint density at radius 3 is 2.39 bits per heavy atom. The number of thioether (sulfide) groups is 1. The Balaban J connectivity index is 1.93. The summed E-state index contributed by atoms with van der Waals surface area (Å²) in [5, 5.41) is 0.396. The number of hydrogen-bond acceptors (Lipinski definition) is 7. The summed E-state index contributed by atoms with van der Waals surface area (Å²) < 4.78 is 2.14. The lowest BCUT2D eigenvalue weighted by atomic mass is 10.0. The van der Waals surface area contributed by atoms with Crippen LogP contribution >= 0.6 is 11.8 Å². The molecule has 0 fully saturated rings. The molecule has 1 aliphatic heterocycles. The van der Waals surface area contributed by atoms with Gasteiger partial charge in [0.2, 0.25) is 0 Å². The zero-order chi connectivity index (χ0) is 24.4. The van der Waals surface area contributed by atoms with Crippen molar-refractivity contribution in [2.45, 2.75) is 46.7 Å². The van der Waals surface area contributed by atoms with Crippen LogP contribution in [-0.2, 0) is 18.4 Å². The van der Waals surface area contributed by atoms with E-state index in [1.807, 2.05) is 52.0 Å². The summed E-state index contributed by atoms with van der Waals surface area (Å²) in [4.78, 5) is 57.2. The highest BCUT2D eigenvalue weighted by Crippen LogP contribution is 2.30. The van der Waals surface area contributed by atoms with E-state index in [2.05, 4.69) is 4.99 Å². The number of rotatable bonds is 7. The molecule has 176 valence electrons. The largest absolute Gasteiger partial charge is 0.384 e. The number of carbonyl (C=O) groups excluding carboxylic acids is 2. The van der Waals surface area contributed by atoms with Crippen molar-refractivity contribution >= 4 is 40.1 Å². The van der Waals surface area contributed by atoms with Crippen molar-refractivity contribution in [3.05, 3.63) is 56.2 Å². The third-order valence-corrected chi connectivity index (χ3v) is 6.43. The molecule has 0 saturated heterocycles. The average Bonchev–Trinajstić information content (AvgIpc) is 3.11. The van der Waals surface area contributed by atoms with Gasteiger partial charge in [-0.05, 0) is 31.4 Å². The second-order valence-electron chi connectivity index (χ2n) is 8.38. The Hall–Kier alpha value is -3.14. The van der Waals surface area contributed by atoms with Crippen LogP contribution < -0.4 is 21.9 Å². The van der Waals surface area contributed by atoms with Gasteiger partial charge in [0, 0.05) is 13.6 Å². The number of amidine groups is 1. The van der Waals surface area contributed by atoms with Crippen molar-refractivity contribution in [3.63, 3.8) is 0 Å². The minimum Gasteiger partial charge on any atom is -0.384 e. The Labute approximate surface area is 196 Å². The monoisotopic (exact) mass is 471 g/mol. The first-order valence-corrected chi connectivity index (χ1v) is 11.8. The number of aliphatic imine (C=N–C) groups is 1. The number of aromatic nitrogens is 2. The number of carbonyl (C=O) groups is 2. The first-order valence-electron chi connectivity index (χ1n) is 10.8. The van der Waals surface area contributed by atoms with Crippen molar-refractivity contribution in [3.8, 4) is 0 Å². The van der Waals surface area contributed by atoms with Gasteiger partial charge in [-0.1, -0.05) is 50.2 Å². The molecule has 33 heavy (non-hydrogen) atoms. The fourth-order valence-corrected chi connectivity index (χ4v) is 4.53. The summed E-state index contributed by atoms with van der Waals surface area (Å²) in [6.45, 7) is 7.95. The van der Waals surface area contributed by atoms with Crippen molar-refractivity contribution in [2.75, 3.05) is 16.4 Å². The maximum Gasteiger partial charge on any atom is 0.332 e. The summed E-state index contributed by atoms with van der Waals surface area (Å²) in [6, 6.07) is 6.93. The molecule has 9 nitrogen and oxygen atoms in total.